The molecule has 0 heterocycles. The minimum Gasteiger partial charge on any atom is -0.504 e. The molecule has 0 aromatic heterocycles. The maximum atomic E-state index is 11.7. The van der Waals surface area contributed by atoms with Crippen LogP contribution in [0, 0.1) is 0 Å². The monoisotopic (exact) mass is 344 g/mol. The van der Waals surface area contributed by atoms with Crippen molar-refractivity contribution >= 4 is 23.9 Å². The normalized spacial score (nSPS) is 12.9. The quantitative estimate of drug-likeness (QED) is 0.272. The summed E-state index contributed by atoms with van der Waals surface area (Å²) in [5.74, 6) is -9.38. The van der Waals surface area contributed by atoms with Gasteiger partial charge >= 0.3 is 23.9 Å². The number of rotatable bonds is 7. The lowest BCUT2D eigenvalue weighted by Gasteiger charge is -2.20. The van der Waals surface area contributed by atoms with Gasteiger partial charge in [-0.25, -0.2) is 9.59 Å². The van der Waals surface area contributed by atoms with Crippen LogP contribution in [0.4, 0.5) is 0 Å². The number of benzene rings is 1. The molecule has 0 amide bonds. The van der Waals surface area contributed by atoms with E-state index in [4.69, 9.17) is 15.3 Å². The summed E-state index contributed by atoms with van der Waals surface area (Å²) in [5, 5.41) is 54.9. The number of hydrogen-bond donors (Lipinski definition) is 6. The Kier molecular flexibility index (Phi) is 5.32. The van der Waals surface area contributed by atoms with Crippen molar-refractivity contribution in [3.05, 3.63) is 17.7 Å². The molecule has 24 heavy (non-hydrogen) atoms. The van der Waals surface area contributed by atoms with Crippen molar-refractivity contribution in [1.82, 2.24) is 0 Å². The molecule has 6 N–H and O–H groups in total. The summed E-state index contributed by atoms with van der Waals surface area (Å²) < 4.78 is 4.49. The third-order valence-electron chi connectivity index (χ3n) is 2.79. The largest absolute Gasteiger partial charge is 0.504 e. The highest BCUT2D eigenvalue weighted by Crippen LogP contribution is 2.37. The van der Waals surface area contributed by atoms with Crippen LogP contribution in [-0.2, 0) is 14.4 Å². The molecule has 1 aromatic rings. The van der Waals surface area contributed by atoms with Gasteiger partial charge in [-0.1, -0.05) is 0 Å². The Morgan fingerprint density at radius 2 is 1.46 bits per heavy atom. The Labute approximate surface area is 133 Å². The van der Waals surface area contributed by atoms with E-state index in [9.17, 15) is 34.5 Å². The zero-order chi connectivity index (χ0) is 18.7. The molecule has 11 heteroatoms. The molecule has 1 atom stereocenters. The Bertz CT molecular complexity index is 685. The van der Waals surface area contributed by atoms with Gasteiger partial charge in [0.25, 0.3) is 0 Å². The van der Waals surface area contributed by atoms with Gasteiger partial charge in [0.05, 0.1) is 18.4 Å². The minimum absolute atomic E-state index is 0.516. The number of aromatic hydroxyl groups is 2. The topological polar surface area (TPSA) is 199 Å². The van der Waals surface area contributed by atoms with Gasteiger partial charge in [0, 0.05) is 0 Å². The highest BCUT2D eigenvalue weighted by molar-refractivity contribution is 5.91. The lowest BCUT2D eigenvalue weighted by atomic mass is 9.96. The van der Waals surface area contributed by atoms with Crippen molar-refractivity contribution in [3.8, 4) is 17.2 Å². The summed E-state index contributed by atoms with van der Waals surface area (Å²) in [5.41, 5.74) is -3.48. The number of ether oxygens (including phenoxy) is 1. The smallest absolute Gasteiger partial charge is 0.336 e. The number of phenols is 2. The fraction of sp³-hybridized carbons (Fsp3) is 0.231. The number of carbonyl (C=O) groups excluding carboxylic acids is 1. The van der Waals surface area contributed by atoms with E-state index in [1.54, 1.807) is 0 Å². The number of phenolic OH excluding ortho intramolecular Hbond substituents is 2. The number of hydrogen-bond acceptors (Lipinski definition) is 8. The lowest BCUT2D eigenvalue weighted by molar-refractivity contribution is -0.169. The van der Waals surface area contributed by atoms with Crippen LogP contribution in [0.1, 0.15) is 23.2 Å². The van der Waals surface area contributed by atoms with Gasteiger partial charge in [0.2, 0.25) is 5.75 Å². The first-order valence-corrected chi connectivity index (χ1v) is 6.14. The zero-order valence-electron chi connectivity index (χ0n) is 11.8. The number of aromatic carboxylic acids is 1. The van der Waals surface area contributed by atoms with Crippen LogP contribution in [0.3, 0.4) is 0 Å². The summed E-state index contributed by atoms with van der Waals surface area (Å²) in [6, 6.07) is 1.32. The summed E-state index contributed by atoms with van der Waals surface area (Å²) >= 11 is 0. The molecule has 0 spiro atoms. The Morgan fingerprint density at radius 3 is 1.83 bits per heavy atom. The molecule has 0 bridgehead atoms. The molecule has 0 fully saturated rings. The maximum absolute atomic E-state index is 11.7. The van der Waals surface area contributed by atoms with Crippen LogP contribution in [-0.4, -0.2) is 60.1 Å². The fourth-order valence-corrected chi connectivity index (χ4v) is 1.68. The molecule has 1 unspecified atom stereocenters. The van der Waals surface area contributed by atoms with Gasteiger partial charge in [-0.05, 0) is 12.1 Å². The third kappa shape index (κ3) is 4.33. The highest BCUT2D eigenvalue weighted by Gasteiger charge is 2.41. The van der Waals surface area contributed by atoms with Crippen molar-refractivity contribution in [2.45, 2.75) is 18.4 Å². The molecule has 0 radical (unpaired) electrons. The molecule has 0 saturated heterocycles. The van der Waals surface area contributed by atoms with Gasteiger partial charge in [-0.3, -0.25) is 9.59 Å². The number of carboxylic acids is 3. The van der Waals surface area contributed by atoms with E-state index < -0.39 is 65.1 Å². The van der Waals surface area contributed by atoms with Gasteiger partial charge in [0.15, 0.2) is 17.1 Å². The van der Waals surface area contributed by atoms with Crippen molar-refractivity contribution in [1.29, 1.82) is 0 Å². The lowest BCUT2D eigenvalue weighted by Crippen LogP contribution is -2.43. The number of carbonyl (C=O) groups is 4. The number of carboxylic acid groups (broad SMARTS) is 3. The van der Waals surface area contributed by atoms with Crippen molar-refractivity contribution in [2.24, 2.45) is 0 Å². The first kappa shape index (κ1) is 18.7. The predicted molar refractivity (Wildman–Crippen MR) is 71.8 cm³/mol. The summed E-state index contributed by atoms with van der Waals surface area (Å²) in [4.78, 5) is 43.9. The third-order valence-corrected chi connectivity index (χ3v) is 2.79. The van der Waals surface area contributed by atoms with Crippen molar-refractivity contribution in [3.63, 3.8) is 0 Å². The van der Waals surface area contributed by atoms with Crippen LogP contribution < -0.4 is 4.74 Å². The molecule has 0 saturated carbocycles. The predicted octanol–water partition coefficient (Wildman–Crippen LogP) is -0.618. The van der Waals surface area contributed by atoms with E-state index in [0.29, 0.717) is 12.1 Å². The molecule has 130 valence electrons. The second-order valence-electron chi connectivity index (χ2n) is 4.71. The Balaban J connectivity index is 3.01. The fourth-order valence-electron chi connectivity index (χ4n) is 1.68. The molecule has 1 aromatic carbocycles. The van der Waals surface area contributed by atoms with Crippen molar-refractivity contribution in [2.75, 3.05) is 0 Å². The van der Waals surface area contributed by atoms with Crippen molar-refractivity contribution < 1.29 is 54.6 Å². The first-order valence-electron chi connectivity index (χ1n) is 6.14. The maximum Gasteiger partial charge on any atom is 0.336 e. The second kappa shape index (κ2) is 6.83. The molecular formula is C13H12O11. The number of esters is 1. The average Bonchev–Trinajstić information content (AvgIpc) is 2.41. The van der Waals surface area contributed by atoms with E-state index in [-0.39, 0.29) is 0 Å². The standard InChI is InChI=1S/C13H12O11/c14-6-1-5(11(19)20)2-7(15)10(6)24-9(18)4-13(23,12(21)22)3-8(16)17/h1-2,14-15,23H,3-4H2,(H,16,17)(H,19,20)(H,21,22). The van der Waals surface area contributed by atoms with Crippen LogP contribution in [0.2, 0.25) is 0 Å². The van der Waals surface area contributed by atoms with E-state index in [2.05, 4.69) is 4.74 Å². The molecule has 0 aliphatic heterocycles. The van der Waals surface area contributed by atoms with Gasteiger partial charge in [-0.2, -0.15) is 0 Å². The van der Waals surface area contributed by atoms with Gasteiger partial charge in [-0.15, -0.1) is 0 Å². The molecule has 0 aliphatic rings. The van der Waals surface area contributed by atoms with Gasteiger partial charge in [0.1, 0.15) is 0 Å². The van der Waals surface area contributed by atoms with E-state index in [1.807, 2.05) is 0 Å². The summed E-state index contributed by atoms with van der Waals surface area (Å²) in [6.07, 6.45) is -2.60. The molecule has 1 rings (SSSR count). The summed E-state index contributed by atoms with van der Waals surface area (Å²) in [6.45, 7) is 0. The second-order valence-corrected chi connectivity index (χ2v) is 4.71. The Hall–Kier alpha value is -3.34. The summed E-state index contributed by atoms with van der Waals surface area (Å²) in [7, 11) is 0. The van der Waals surface area contributed by atoms with Crippen LogP contribution in [0.5, 0.6) is 17.2 Å². The number of aliphatic carboxylic acids is 2. The zero-order valence-corrected chi connectivity index (χ0v) is 11.8. The molecule has 11 nitrogen and oxygen atoms in total. The highest BCUT2D eigenvalue weighted by atomic mass is 16.5. The van der Waals surface area contributed by atoms with E-state index in [0.717, 1.165) is 0 Å². The molecule has 0 aliphatic carbocycles. The van der Waals surface area contributed by atoms with E-state index >= 15 is 0 Å². The SMILES string of the molecule is O=C(O)CC(O)(CC(=O)Oc1c(O)cc(C(=O)O)cc1O)C(=O)O. The van der Waals surface area contributed by atoms with Gasteiger partial charge < -0.3 is 35.4 Å². The first-order chi connectivity index (χ1) is 11.0. The van der Waals surface area contributed by atoms with Crippen LogP contribution >= 0.6 is 0 Å². The van der Waals surface area contributed by atoms with Crippen LogP contribution in [0.25, 0.3) is 0 Å². The average molecular weight is 344 g/mol. The number of aliphatic hydroxyl groups is 1. The Morgan fingerprint density at radius 1 is 0.958 bits per heavy atom. The molecular weight excluding hydrogens is 332 g/mol. The minimum atomic E-state index is -2.96. The van der Waals surface area contributed by atoms with Crippen LogP contribution in [0.15, 0.2) is 12.1 Å². The van der Waals surface area contributed by atoms with E-state index in [1.165, 1.54) is 0 Å².